The van der Waals surface area contributed by atoms with Crippen molar-refractivity contribution in [3.63, 3.8) is 0 Å². The summed E-state index contributed by atoms with van der Waals surface area (Å²) in [5, 5.41) is 0. The Labute approximate surface area is 73.0 Å². The number of halogens is 1. The van der Waals surface area contributed by atoms with Gasteiger partial charge < -0.3 is 4.79 Å². The predicted molar refractivity (Wildman–Crippen MR) is 48.8 cm³/mol. The Morgan fingerprint density at radius 2 is 2.33 bits per heavy atom. The molecule has 0 fully saturated rings. The van der Waals surface area contributed by atoms with Crippen molar-refractivity contribution in [2.45, 2.75) is 32.9 Å². The second-order valence-electron chi connectivity index (χ2n) is 2.26. The number of hydrogen-bond donors (Lipinski definition) is 0. The SMILES string of the molecule is CC.O=CCC1=CCC(F)C=C1. The van der Waals surface area contributed by atoms with Crippen molar-refractivity contribution in [1.29, 1.82) is 0 Å². The van der Waals surface area contributed by atoms with Crippen molar-refractivity contribution < 1.29 is 9.18 Å². The van der Waals surface area contributed by atoms with Gasteiger partial charge in [0.05, 0.1) is 0 Å². The van der Waals surface area contributed by atoms with Crippen molar-refractivity contribution in [3.05, 3.63) is 23.8 Å². The smallest absolute Gasteiger partial charge is 0.124 e. The molecule has 0 aromatic carbocycles. The van der Waals surface area contributed by atoms with Crippen LogP contribution in [0.25, 0.3) is 0 Å². The predicted octanol–water partition coefficient (Wildman–Crippen LogP) is 2.83. The fourth-order valence-corrected chi connectivity index (χ4v) is 0.886. The number of carbonyl (C=O) groups excluding carboxylic acids is 1. The van der Waals surface area contributed by atoms with E-state index in [-0.39, 0.29) is 0 Å². The Morgan fingerprint density at radius 3 is 2.75 bits per heavy atom. The minimum absolute atomic E-state index is 0.406. The number of alkyl halides is 1. The molecule has 68 valence electrons. The number of hydrogen-bond acceptors (Lipinski definition) is 1. The average Bonchev–Trinajstić information content (AvgIpc) is 2.13. The van der Waals surface area contributed by atoms with Crippen molar-refractivity contribution in [2.75, 3.05) is 0 Å². The van der Waals surface area contributed by atoms with Gasteiger partial charge in [-0.25, -0.2) is 4.39 Å². The van der Waals surface area contributed by atoms with Crippen molar-refractivity contribution in [3.8, 4) is 0 Å². The average molecular weight is 170 g/mol. The third-order valence-corrected chi connectivity index (χ3v) is 1.44. The zero-order valence-corrected chi connectivity index (χ0v) is 7.59. The van der Waals surface area contributed by atoms with Gasteiger partial charge in [0.1, 0.15) is 12.5 Å². The molecule has 1 unspecified atom stereocenters. The van der Waals surface area contributed by atoms with Gasteiger partial charge in [0, 0.05) is 12.8 Å². The summed E-state index contributed by atoms with van der Waals surface area (Å²) in [6, 6.07) is 0. The molecular weight excluding hydrogens is 155 g/mol. The topological polar surface area (TPSA) is 17.1 Å². The van der Waals surface area contributed by atoms with Crippen LogP contribution in [0.2, 0.25) is 0 Å². The second-order valence-corrected chi connectivity index (χ2v) is 2.26. The van der Waals surface area contributed by atoms with E-state index in [1.54, 1.807) is 12.2 Å². The molecule has 2 heteroatoms. The molecule has 1 rings (SSSR count). The van der Waals surface area contributed by atoms with E-state index < -0.39 is 6.17 Å². The summed E-state index contributed by atoms with van der Waals surface area (Å²) in [6.07, 6.45) is 5.72. The van der Waals surface area contributed by atoms with Crippen LogP contribution >= 0.6 is 0 Å². The maximum atomic E-state index is 12.4. The first-order chi connectivity index (χ1) is 5.83. The quantitative estimate of drug-likeness (QED) is 0.582. The standard InChI is InChI=1S/C8H9FO.C2H6/c9-8-3-1-7(2-4-8)5-6-10;1-2/h1-3,6,8H,4-5H2;1-2H3. The molecule has 0 N–H and O–H groups in total. The molecule has 12 heavy (non-hydrogen) atoms. The Bertz CT molecular complexity index is 182. The van der Waals surface area contributed by atoms with Crippen LogP contribution in [0.4, 0.5) is 4.39 Å². The molecule has 1 nitrogen and oxygen atoms in total. The largest absolute Gasteiger partial charge is 0.303 e. The van der Waals surface area contributed by atoms with Crippen LogP contribution in [-0.4, -0.2) is 12.5 Å². The van der Waals surface area contributed by atoms with Crippen LogP contribution in [0.3, 0.4) is 0 Å². The molecule has 0 amide bonds. The van der Waals surface area contributed by atoms with Gasteiger partial charge in [0.25, 0.3) is 0 Å². The first-order valence-corrected chi connectivity index (χ1v) is 4.28. The highest BCUT2D eigenvalue weighted by Gasteiger charge is 2.04. The zero-order valence-electron chi connectivity index (χ0n) is 7.59. The van der Waals surface area contributed by atoms with E-state index in [9.17, 15) is 9.18 Å². The van der Waals surface area contributed by atoms with Crippen LogP contribution in [0.5, 0.6) is 0 Å². The third kappa shape index (κ3) is 4.06. The molecule has 0 radical (unpaired) electrons. The highest BCUT2D eigenvalue weighted by atomic mass is 19.1. The first-order valence-electron chi connectivity index (χ1n) is 4.28. The molecule has 0 aromatic rings. The Kier molecular flexibility index (Phi) is 6.25. The van der Waals surface area contributed by atoms with Crippen LogP contribution < -0.4 is 0 Å². The number of carbonyl (C=O) groups is 1. The molecule has 0 aliphatic heterocycles. The van der Waals surface area contributed by atoms with Gasteiger partial charge in [0.15, 0.2) is 0 Å². The van der Waals surface area contributed by atoms with Crippen LogP contribution in [-0.2, 0) is 4.79 Å². The lowest BCUT2D eigenvalue weighted by molar-refractivity contribution is -0.107. The molecule has 1 atom stereocenters. The van der Waals surface area contributed by atoms with Gasteiger partial charge in [0.2, 0.25) is 0 Å². The summed E-state index contributed by atoms with van der Waals surface area (Å²) in [5.74, 6) is 0. The first kappa shape index (κ1) is 11.1. The molecular formula is C10H15FO. The number of rotatable bonds is 2. The summed E-state index contributed by atoms with van der Waals surface area (Å²) in [6.45, 7) is 4.00. The Balaban J connectivity index is 0.000000561. The molecule has 0 saturated heterocycles. The van der Waals surface area contributed by atoms with Crippen LogP contribution in [0.15, 0.2) is 23.8 Å². The Morgan fingerprint density at radius 1 is 1.67 bits per heavy atom. The molecule has 0 saturated carbocycles. The van der Waals surface area contributed by atoms with Gasteiger partial charge in [-0.2, -0.15) is 0 Å². The maximum Gasteiger partial charge on any atom is 0.124 e. The minimum atomic E-state index is -0.851. The van der Waals surface area contributed by atoms with E-state index in [1.807, 2.05) is 13.8 Å². The zero-order chi connectivity index (χ0) is 9.40. The van der Waals surface area contributed by atoms with Gasteiger partial charge in [-0.15, -0.1) is 0 Å². The fraction of sp³-hybridized carbons (Fsp3) is 0.500. The van der Waals surface area contributed by atoms with E-state index in [0.717, 1.165) is 11.9 Å². The van der Waals surface area contributed by atoms with E-state index in [1.165, 1.54) is 6.08 Å². The molecule has 1 aliphatic rings. The van der Waals surface area contributed by atoms with Crippen molar-refractivity contribution in [2.24, 2.45) is 0 Å². The molecule has 0 aromatic heterocycles. The lowest BCUT2D eigenvalue weighted by atomic mass is 10.0. The summed E-state index contributed by atoms with van der Waals surface area (Å²) < 4.78 is 12.4. The molecule has 1 aliphatic carbocycles. The minimum Gasteiger partial charge on any atom is -0.303 e. The normalized spacial score (nSPS) is 20.6. The van der Waals surface area contributed by atoms with Gasteiger partial charge in [-0.1, -0.05) is 32.1 Å². The Hall–Kier alpha value is -0.920. The maximum absolute atomic E-state index is 12.4. The lowest BCUT2D eigenvalue weighted by Crippen LogP contribution is -1.98. The van der Waals surface area contributed by atoms with Gasteiger partial charge in [-0.05, 0) is 5.57 Å². The fourth-order valence-electron chi connectivity index (χ4n) is 0.886. The summed E-state index contributed by atoms with van der Waals surface area (Å²) in [7, 11) is 0. The third-order valence-electron chi connectivity index (χ3n) is 1.44. The summed E-state index contributed by atoms with van der Waals surface area (Å²) in [4.78, 5) is 9.99. The number of aldehydes is 1. The van der Waals surface area contributed by atoms with E-state index >= 15 is 0 Å². The monoisotopic (exact) mass is 170 g/mol. The molecule has 0 spiro atoms. The van der Waals surface area contributed by atoms with Gasteiger partial charge >= 0.3 is 0 Å². The van der Waals surface area contributed by atoms with Crippen molar-refractivity contribution >= 4 is 6.29 Å². The van der Waals surface area contributed by atoms with Crippen LogP contribution in [0, 0.1) is 0 Å². The van der Waals surface area contributed by atoms with Crippen molar-refractivity contribution in [1.82, 2.24) is 0 Å². The molecule has 0 bridgehead atoms. The number of allylic oxidation sites excluding steroid dienone is 4. The molecule has 0 heterocycles. The van der Waals surface area contributed by atoms with E-state index in [2.05, 4.69) is 0 Å². The highest BCUT2D eigenvalue weighted by molar-refractivity contribution is 5.56. The summed E-state index contributed by atoms with van der Waals surface area (Å²) >= 11 is 0. The highest BCUT2D eigenvalue weighted by Crippen LogP contribution is 2.14. The summed E-state index contributed by atoms with van der Waals surface area (Å²) in [5.41, 5.74) is 0.920. The van der Waals surface area contributed by atoms with E-state index in [4.69, 9.17) is 0 Å². The lowest BCUT2D eigenvalue weighted by Gasteiger charge is -2.05. The van der Waals surface area contributed by atoms with Crippen LogP contribution in [0.1, 0.15) is 26.7 Å². The van der Waals surface area contributed by atoms with Gasteiger partial charge in [-0.3, -0.25) is 0 Å². The van der Waals surface area contributed by atoms with E-state index in [0.29, 0.717) is 12.8 Å². The second kappa shape index (κ2) is 6.77.